The Kier molecular flexibility index (Phi) is 3.76. The van der Waals surface area contributed by atoms with Crippen molar-refractivity contribution in [2.45, 2.75) is 4.90 Å². The third kappa shape index (κ3) is 3.46. The smallest absolute Gasteiger partial charge is 0.230 e. The average Bonchev–Trinajstić information content (AvgIpc) is 2.14. The monoisotopic (exact) mass is 199 g/mol. The van der Waals surface area contributed by atoms with Gasteiger partial charge in [0.25, 0.3) is 0 Å². The molecule has 0 unspecified atom stereocenters. The van der Waals surface area contributed by atoms with Gasteiger partial charge in [0.1, 0.15) is 5.82 Å². The van der Waals surface area contributed by atoms with Crippen molar-refractivity contribution in [1.82, 2.24) is 5.32 Å². The predicted octanol–water partition coefficient (Wildman–Crippen LogP) is 1.66. The van der Waals surface area contributed by atoms with Crippen molar-refractivity contribution in [3.63, 3.8) is 0 Å². The van der Waals surface area contributed by atoms with Crippen molar-refractivity contribution in [2.24, 2.45) is 0 Å². The van der Waals surface area contributed by atoms with Crippen LogP contribution in [0.2, 0.25) is 0 Å². The lowest BCUT2D eigenvalue weighted by Crippen LogP contribution is -2.19. The summed E-state index contributed by atoms with van der Waals surface area (Å²) in [6.07, 6.45) is 0. The summed E-state index contributed by atoms with van der Waals surface area (Å²) in [6.45, 7) is 0. The maximum Gasteiger partial charge on any atom is 0.230 e. The van der Waals surface area contributed by atoms with Crippen molar-refractivity contribution >= 4 is 17.7 Å². The Morgan fingerprint density at radius 2 is 2.38 bits per heavy atom. The summed E-state index contributed by atoms with van der Waals surface area (Å²) in [5.74, 6) is -0.0175. The van der Waals surface area contributed by atoms with E-state index in [9.17, 15) is 9.18 Å². The summed E-state index contributed by atoms with van der Waals surface area (Å²) >= 11 is 1.32. The Balaban J connectivity index is 2.50. The molecule has 0 spiro atoms. The van der Waals surface area contributed by atoms with Crippen LogP contribution in [0.25, 0.3) is 0 Å². The lowest BCUT2D eigenvalue weighted by molar-refractivity contribution is -0.118. The zero-order valence-electron chi connectivity index (χ0n) is 7.21. The van der Waals surface area contributed by atoms with E-state index in [1.165, 1.54) is 23.9 Å². The average molecular weight is 199 g/mol. The van der Waals surface area contributed by atoms with Crippen LogP contribution in [0, 0.1) is 5.82 Å². The third-order valence-corrected chi connectivity index (χ3v) is 2.44. The number of thioether (sulfide) groups is 1. The van der Waals surface area contributed by atoms with E-state index in [4.69, 9.17) is 0 Å². The second kappa shape index (κ2) is 4.87. The van der Waals surface area contributed by atoms with Gasteiger partial charge in [-0.25, -0.2) is 4.39 Å². The van der Waals surface area contributed by atoms with E-state index in [1.807, 2.05) is 0 Å². The van der Waals surface area contributed by atoms with Gasteiger partial charge in [0, 0.05) is 11.9 Å². The molecule has 1 rings (SSSR count). The van der Waals surface area contributed by atoms with E-state index < -0.39 is 0 Å². The molecule has 4 heteroatoms. The Hall–Kier alpha value is -1.03. The molecule has 0 heterocycles. The first-order valence-electron chi connectivity index (χ1n) is 3.81. The molecule has 0 aliphatic heterocycles. The molecule has 0 saturated carbocycles. The van der Waals surface area contributed by atoms with Gasteiger partial charge in [-0.3, -0.25) is 4.79 Å². The molecule has 0 saturated heterocycles. The van der Waals surface area contributed by atoms with Crippen molar-refractivity contribution in [3.05, 3.63) is 30.1 Å². The van der Waals surface area contributed by atoms with Crippen molar-refractivity contribution < 1.29 is 9.18 Å². The lowest BCUT2D eigenvalue weighted by atomic mass is 10.4. The molecule has 0 radical (unpaired) electrons. The van der Waals surface area contributed by atoms with Crippen LogP contribution >= 0.6 is 11.8 Å². The van der Waals surface area contributed by atoms with E-state index in [0.717, 1.165) is 4.90 Å². The van der Waals surface area contributed by atoms with E-state index in [0.29, 0.717) is 5.75 Å². The minimum absolute atomic E-state index is 0.0609. The van der Waals surface area contributed by atoms with Crippen molar-refractivity contribution in [2.75, 3.05) is 12.8 Å². The molecule has 0 aliphatic rings. The number of carbonyl (C=O) groups excluding carboxylic acids is 1. The molecule has 0 aliphatic carbocycles. The molecular formula is C9H10FNOS. The van der Waals surface area contributed by atoms with Gasteiger partial charge in [-0.1, -0.05) is 6.07 Å². The number of hydrogen-bond donors (Lipinski definition) is 1. The number of carbonyl (C=O) groups is 1. The van der Waals surface area contributed by atoms with Crippen LogP contribution in [0.4, 0.5) is 4.39 Å². The minimum Gasteiger partial charge on any atom is -0.358 e. The van der Waals surface area contributed by atoms with Gasteiger partial charge in [-0.15, -0.1) is 11.8 Å². The quantitative estimate of drug-likeness (QED) is 0.750. The SMILES string of the molecule is CNC(=O)CSc1cccc(F)c1. The summed E-state index contributed by atoms with van der Waals surface area (Å²) in [5, 5.41) is 2.50. The highest BCUT2D eigenvalue weighted by atomic mass is 32.2. The number of halogens is 1. The van der Waals surface area contributed by atoms with E-state index in [1.54, 1.807) is 19.2 Å². The van der Waals surface area contributed by atoms with E-state index in [-0.39, 0.29) is 11.7 Å². The van der Waals surface area contributed by atoms with E-state index >= 15 is 0 Å². The van der Waals surface area contributed by atoms with Crippen molar-refractivity contribution in [3.8, 4) is 0 Å². The molecule has 0 bridgehead atoms. The molecule has 70 valence electrons. The molecule has 13 heavy (non-hydrogen) atoms. The predicted molar refractivity (Wildman–Crippen MR) is 51.2 cm³/mol. The largest absolute Gasteiger partial charge is 0.358 e. The molecule has 0 atom stereocenters. The van der Waals surface area contributed by atoms with Crippen molar-refractivity contribution in [1.29, 1.82) is 0 Å². The van der Waals surface area contributed by atoms with Crippen LogP contribution in [0.3, 0.4) is 0 Å². The zero-order chi connectivity index (χ0) is 9.68. The second-order valence-corrected chi connectivity index (χ2v) is 3.47. The van der Waals surface area contributed by atoms with Gasteiger partial charge in [-0.05, 0) is 18.2 Å². The topological polar surface area (TPSA) is 29.1 Å². The van der Waals surface area contributed by atoms with Crippen LogP contribution in [0.15, 0.2) is 29.2 Å². The summed E-state index contributed by atoms with van der Waals surface area (Å²) in [7, 11) is 1.58. The van der Waals surface area contributed by atoms with Crippen LogP contribution in [-0.4, -0.2) is 18.7 Å². The number of rotatable bonds is 3. The normalized spacial score (nSPS) is 9.69. The Labute approximate surface area is 80.5 Å². The van der Waals surface area contributed by atoms with Crippen LogP contribution in [0.5, 0.6) is 0 Å². The number of hydrogen-bond acceptors (Lipinski definition) is 2. The van der Waals surface area contributed by atoms with Crippen LogP contribution in [-0.2, 0) is 4.79 Å². The fourth-order valence-electron chi connectivity index (χ4n) is 0.778. The zero-order valence-corrected chi connectivity index (χ0v) is 8.03. The Morgan fingerprint density at radius 3 is 3.00 bits per heavy atom. The van der Waals surface area contributed by atoms with Crippen LogP contribution in [0.1, 0.15) is 0 Å². The van der Waals surface area contributed by atoms with Gasteiger partial charge in [0.05, 0.1) is 5.75 Å². The maximum atomic E-state index is 12.7. The number of nitrogens with one attached hydrogen (secondary N) is 1. The van der Waals surface area contributed by atoms with Gasteiger partial charge in [0.15, 0.2) is 0 Å². The highest BCUT2D eigenvalue weighted by molar-refractivity contribution is 8.00. The summed E-state index contributed by atoms with van der Waals surface area (Å²) in [4.78, 5) is 11.6. The molecule has 1 aromatic rings. The fourth-order valence-corrected chi connectivity index (χ4v) is 1.59. The fraction of sp³-hybridized carbons (Fsp3) is 0.222. The molecular weight excluding hydrogens is 189 g/mol. The third-order valence-electron chi connectivity index (χ3n) is 1.44. The first-order valence-corrected chi connectivity index (χ1v) is 4.80. The van der Waals surface area contributed by atoms with Gasteiger partial charge in [0.2, 0.25) is 5.91 Å². The first kappa shape index (κ1) is 10.1. The molecule has 2 nitrogen and oxygen atoms in total. The second-order valence-electron chi connectivity index (χ2n) is 2.42. The summed E-state index contributed by atoms with van der Waals surface area (Å²) in [5.41, 5.74) is 0. The van der Waals surface area contributed by atoms with Gasteiger partial charge < -0.3 is 5.32 Å². The molecule has 1 amide bonds. The highest BCUT2D eigenvalue weighted by Gasteiger charge is 2.00. The Bertz CT molecular complexity index is 303. The summed E-state index contributed by atoms with van der Waals surface area (Å²) < 4.78 is 12.7. The number of amides is 1. The summed E-state index contributed by atoms with van der Waals surface area (Å²) in [6, 6.07) is 6.19. The molecule has 0 aromatic heterocycles. The molecule has 1 N–H and O–H groups in total. The van der Waals surface area contributed by atoms with E-state index in [2.05, 4.69) is 5.32 Å². The maximum absolute atomic E-state index is 12.7. The van der Waals surface area contributed by atoms with Gasteiger partial charge >= 0.3 is 0 Å². The first-order chi connectivity index (χ1) is 6.22. The lowest BCUT2D eigenvalue weighted by Gasteiger charge is -2.00. The molecule has 0 fully saturated rings. The number of benzene rings is 1. The van der Waals surface area contributed by atoms with Crippen LogP contribution < -0.4 is 5.32 Å². The minimum atomic E-state index is -0.276. The van der Waals surface area contributed by atoms with Gasteiger partial charge in [-0.2, -0.15) is 0 Å². The highest BCUT2D eigenvalue weighted by Crippen LogP contribution is 2.17. The molecule has 1 aromatic carbocycles. The standard InChI is InChI=1S/C9H10FNOS/c1-11-9(12)6-13-8-4-2-3-7(10)5-8/h2-5H,6H2,1H3,(H,11,12). The Morgan fingerprint density at radius 1 is 1.62 bits per heavy atom.